The van der Waals surface area contributed by atoms with E-state index in [1.165, 1.54) is 29.8 Å². The molecule has 0 saturated carbocycles. The van der Waals surface area contributed by atoms with Crippen LogP contribution < -0.4 is 5.32 Å². The third-order valence-corrected chi connectivity index (χ3v) is 7.27. The minimum Gasteiger partial charge on any atom is -0.384 e. The second-order valence-corrected chi connectivity index (χ2v) is 8.38. The molecule has 0 saturated heterocycles. The van der Waals surface area contributed by atoms with Gasteiger partial charge in [0.25, 0.3) is 0 Å². The highest BCUT2D eigenvalue weighted by atomic mass is 35.5. The standard InChI is InChI=1S/C13H19ClNSi/c1-3-16(4-2)11-8-10-6-5-7-12(14)13(10)15-9-11/h5-7,11,15H,3-4,8-9H2,1-2H3/t11-/m1/s1. The van der Waals surface area contributed by atoms with Crippen molar-refractivity contribution >= 4 is 26.1 Å². The topological polar surface area (TPSA) is 12.0 Å². The molecule has 0 aliphatic carbocycles. The number of halogens is 1. The molecule has 1 aliphatic heterocycles. The van der Waals surface area contributed by atoms with E-state index in [0.717, 1.165) is 17.1 Å². The van der Waals surface area contributed by atoms with Crippen molar-refractivity contribution in [1.29, 1.82) is 0 Å². The number of hydrogen-bond acceptors (Lipinski definition) is 1. The number of benzene rings is 1. The summed E-state index contributed by atoms with van der Waals surface area (Å²) in [6.45, 7) is 5.79. The summed E-state index contributed by atoms with van der Waals surface area (Å²) in [6.07, 6.45) is 1.22. The fourth-order valence-electron chi connectivity index (χ4n) is 2.62. The van der Waals surface area contributed by atoms with Crippen molar-refractivity contribution in [3.8, 4) is 0 Å². The zero-order valence-corrected chi connectivity index (χ0v) is 11.8. The summed E-state index contributed by atoms with van der Waals surface area (Å²) in [7, 11) is -0.184. The molecular weight excluding hydrogens is 234 g/mol. The number of anilines is 1. The molecule has 87 valence electrons. The number of nitrogens with one attached hydrogen (secondary N) is 1. The normalized spacial score (nSPS) is 19.4. The molecule has 1 aromatic rings. The van der Waals surface area contributed by atoms with Gasteiger partial charge >= 0.3 is 0 Å². The van der Waals surface area contributed by atoms with Gasteiger partial charge in [-0.25, -0.2) is 0 Å². The number of para-hydroxylation sites is 1. The molecule has 1 nitrogen and oxygen atoms in total. The maximum atomic E-state index is 6.18. The lowest BCUT2D eigenvalue weighted by Crippen LogP contribution is -2.30. The highest BCUT2D eigenvalue weighted by Crippen LogP contribution is 2.35. The molecular formula is C13H19ClNSi. The van der Waals surface area contributed by atoms with Gasteiger partial charge in [-0.2, -0.15) is 0 Å². The van der Waals surface area contributed by atoms with E-state index in [0.29, 0.717) is 0 Å². The Morgan fingerprint density at radius 1 is 1.38 bits per heavy atom. The Morgan fingerprint density at radius 3 is 2.81 bits per heavy atom. The predicted octanol–water partition coefficient (Wildman–Crippen LogP) is 4.21. The van der Waals surface area contributed by atoms with Crippen LogP contribution in [-0.4, -0.2) is 15.3 Å². The van der Waals surface area contributed by atoms with Crippen molar-refractivity contribution in [2.45, 2.75) is 37.9 Å². The Balaban J connectivity index is 2.17. The first kappa shape index (κ1) is 12.0. The van der Waals surface area contributed by atoms with Crippen molar-refractivity contribution in [3.05, 3.63) is 28.8 Å². The Labute approximate surface area is 105 Å². The van der Waals surface area contributed by atoms with Crippen LogP contribution in [0.25, 0.3) is 0 Å². The highest BCUT2D eigenvalue weighted by molar-refractivity contribution is 6.60. The van der Waals surface area contributed by atoms with E-state index >= 15 is 0 Å². The minimum absolute atomic E-state index is 0.184. The summed E-state index contributed by atoms with van der Waals surface area (Å²) >= 11 is 6.18. The number of rotatable bonds is 3. The fourth-order valence-corrected chi connectivity index (χ4v) is 5.43. The quantitative estimate of drug-likeness (QED) is 0.795. The Hall–Kier alpha value is -0.473. The Bertz CT molecular complexity index is 363. The summed E-state index contributed by atoms with van der Waals surface area (Å²) in [5.41, 5.74) is 3.45. The van der Waals surface area contributed by atoms with Crippen LogP contribution in [0.3, 0.4) is 0 Å². The molecule has 1 heterocycles. The van der Waals surface area contributed by atoms with E-state index < -0.39 is 0 Å². The first-order valence-electron chi connectivity index (χ1n) is 6.12. The van der Waals surface area contributed by atoms with Crippen molar-refractivity contribution in [2.75, 3.05) is 11.9 Å². The minimum atomic E-state index is -0.184. The number of fused-ring (bicyclic) bond motifs is 1. The smallest absolute Gasteiger partial charge is 0.0640 e. The second kappa shape index (κ2) is 5.24. The summed E-state index contributed by atoms with van der Waals surface area (Å²) in [5, 5.41) is 4.40. The van der Waals surface area contributed by atoms with Crippen LogP contribution in [0.15, 0.2) is 18.2 Å². The van der Waals surface area contributed by atoms with E-state index in [4.69, 9.17) is 11.6 Å². The molecule has 1 radical (unpaired) electrons. The molecule has 2 rings (SSSR count). The highest BCUT2D eigenvalue weighted by Gasteiger charge is 2.25. The molecule has 0 fully saturated rings. The predicted molar refractivity (Wildman–Crippen MR) is 74.1 cm³/mol. The van der Waals surface area contributed by atoms with Crippen LogP contribution in [0, 0.1) is 0 Å². The molecule has 16 heavy (non-hydrogen) atoms. The Kier molecular flexibility index (Phi) is 3.93. The van der Waals surface area contributed by atoms with Gasteiger partial charge in [-0.15, -0.1) is 0 Å². The van der Waals surface area contributed by atoms with Gasteiger partial charge < -0.3 is 5.32 Å². The van der Waals surface area contributed by atoms with Crippen LogP contribution in [0.1, 0.15) is 19.4 Å². The van der Waals surface area contributed by atoms with Gasteiger partial charge in [0.2, 0.25) is 0 Å². The van der Waals surface area contributed by atoms with Crippen molar-refractivity contribution in [2.24, 2.45) is 0 Å². The first-order valence-corrected chi connectivity index (χ1v) is 8.49. The van der Waals surface area contributed by atoms with Gasteiger partial charge in [0.15, 0.2) is 0 Å². The monoisotopic (exact) mass is 252 g/mol. The van der Waals surface area contributed by atoms with Gasteiger partial charge in [0.1, 0.15) is 0 Å². The van der Waals surface area contributed by atoms with Crippen molar-refractivity contribution in [3.63, 3.8) is 0 Å². The van der Waals surface area contributed by atoms with Gasteiger partial charge in [-0.05, 0) is 23.6 Å². The van der Waals surface area contributed by atoms with E-state index in [1.807, 2.05) is 6.07 Å². The third-order valence-electron chi connectivity index (χ3n) is 3.58. The largest absolute Gasteiger partial charge is 0.384 e. The van der Waals surface area contributed by atoms with Gasteiger partial charge in [0, 0.05) is 6.54 Å². The van der Waals surface area contributed by atoms with E-state index in [1.54, 1.807) is 0 Å². The lowest BCUT2D eigenvalue weighted by atomic mass is 10.0. The number of hydrogen-bond donors (Lipinski definition) is 1. The van der Waals surface area contributed by atoms with Gasteiger partial charge in [-0.1, -0.05) is 49.7 Å². The Morgan fingerprint density at radius 2 is 2.12 bits per heavy atom. The van der Waals surface area contributed by atoms with Gasteiger partial charge in [0.05, 0.1) is 19.5 Å². The molecule has 3 heteroatoms. The van der Waals surface area contributed by atoms with Crippen LogP contribution in [0.5, 0.6) is 0 Å². The molecule has 0 unspecified atom stereocenters. The zero-order chi connectivity index (χ0) is 11.5. The average Bonchev–Trinajstić information content (AvgIpc) is 2.31. The molecule has 1 atom stereocenters. The van der Waals surface area contributed by atoms with E-state index in [-0.39, 0.29) is 8.80 Å². The molecule has 1 aromatic carbocycles. The van der Waals surface area contributed by atoms with Gasteiger partial charge in [-0.3, -0.25) is 0 Å². The lowest BCUT2D eigenvalue weighted by molar-refractivity contribution is 0.796. The average molecular weight is 253 g/mol. The van der Waals surface area contributed by atoms with E-state index in [9.17, 15) is 0 Å². The summed E-state index contributed by atoms with van der Waals surface area (Å²) in [5.74, 6) is 0. The third kappa shape index (κ3) is 2.28. The second-order valence-electron chi connectivity index (χ2n) is 4.42. The fraction of sp³-hybridized carbons (Fsp3) is 0.538. The zero-order valence-electron chi connectivity index (χ0n) is 10.0. The maximum absolute atomic E-state index is 6.18. The molecule has 0 amide bonds. The molecule has 0 aromatic heterocycles. The van der Waals surface area contributed by atoms with Crippen LogP contribution in [0.4, 0.5) is 5.69 Å². The lowest BCUT2D eigenvalue weighted by Gasteiger charge is -2.31. The van der Waals surface area contributed by atoms with E-state index in [2.05, 4.69) is 31.3 Å². The summed E-state index contributed by atoms with van der Waals surface area (Å²) in [4.78, 5) is 0. The maximum Gasteiger partial charge on any atom is 0.0640 e. The summed E-state index contributed by atoms with van der Waals surface area (Å²) < 4.78 is 0. The van der Waals surface area contributed by atoms with Crippen molar-refractivity contribution < 1.29 is 0 Å². The molecule has 1 aliphatic rings. The molecule has 0 bridgehead atoms. The van der Waals surface area contributed by atoms with Crippen molar-refractivity contribution in [1.82, 2.24) is 0 Å². The molecule has 0 spiro atoms. The van der Waals surface area contributed by atoms with Crippen LogP contribution in [-0.2, 0) is 6.42 Å². The van der Waals surface area contributed by atoms with Crippen LogP contribution in [0.2, 0.25) is 22.7 Å². The summed E-state index contributed by atoms with van der Waals surface area (Å²) in [6, 6.07) is 9.01. The first-order chi connectivity index (χ1) is 7.76. The molecule has 1 N–H and O–H groups in total. The SMILES string of the molecule is CC[Si](CC)[C@H]1CNc2c(Cl)cccc2C1. The van der Waals surface area contributed by atoms with Crippen LogP contribution >= 0.6 is 11.6 Å².